The molecule has 31 heavy (non-hydrogen) atoms. The van der Waals surface area contributed by atoms with Crippen LogP contribution in [0.4, 0.5) is 22.0 Å². The zero-order chi connectivity index (χ0) is 23.8. The Labute approximate surface area is 176 Å². The number of hydrogen-bond donors (Lipinski definition) is 2. The number of carbonyl (C=O) groups is 1. The van der Waals surface area contributed by atoms with Gasteiger partial charge in [-0.15, -0.1) is 0 Å². The predicted molar refractivity (Wildman–Crippen MR) is 106 cm³/mol. The van der Waals surface area contributed by atoms with Crippen LogP contribution < -0.4 is 16.9 Å². The van der Waals surface area contributed by atoms with Crippen LogP contribution in [0.15, 0.2) is 22.8 Å². The molecule has 0 aromatic heterocycles. The maximum Gasteiger partial charge on any atom is 0.497 e. The first kappa shape index (κ1) is 24.8. The minimum absolute atomic E-state index is 0.243. The Morgan fingerprint density at radius 1 is 1.10 bits per heavy atom. The Balaban J connectivity index is 2.50. The van der Waals surface area contributed by atoms with Crippen LogP contribution in [0.3, 0.4) is 0 Å². The van der Waals surface area contributed by atoms with E-state index < -0.39 is 58.9 Å². The molecular weight excluding hydrogens is 424 g/mol. The molecule has 1 aliphatic heterocycles. The van der Waals surface area contributed by atoms with Crippen molar-refractivity contribution in [1.29, 1.82) is 0 Å². The molecule has 2 rings (SSSR count). The van der Waals surface area contributed by atoms with E-state index in [0.29, 0.717) is 6.21 Å². The number of carbonyl (C=O) groups excluding carboxylic acids is 1. The molecule has 170 valence electrons. The van der Waals surface area contributed by atoms with E-state index in [1.165, 1.54) is 0 Å². The lowest BCUT2D eigenvalue weighted by Gasteiger charge is -2.32. The molecule has 4 N–H and O–H groups in total. The van der Waals surface area contributed by atoms with Crippen molar-refractivity contribution in [3.63, 3.8) is 0 Å². The Morgan fingerprint density at radius 2 is 1.65 bits per heavy atom. The first-order chi connectivity index (χ1) is 14.1. The molecule has 0 spiro atoms. The minimum atomic E-state index is -5.03. The van der Waals surface area contributed by atoms with E-state index in [4.69, 9.17) is 20.8 Å². The summed E-state index contributed by atoms with van der Waals surface area (Å²) < 4.78 is 80.6. The standard InChI is InChI=1S/C19H23BF5N3O3/c1-17(2)18(3,4)31-20(30-17)12-6-5-10(14(21)15(12)22)11(16(27)19(23,24)25)9-28-8-7-13(26)29/h5-6,9H,7-8,27H2,1-4H3,(H2,26,29). The number of alkyl halides is 3. The predicted octanol–water partition coefficient (Wildman–Crippen LogP) is 2.44. The van der Waals surface area contributed by atoms with E-state index in [0.717, 1.165) is 12.1 Å². The van der Waals surface area contributed by atoms with Crippen LogP contribution in [-0.4, -0.2) is 43.2 Å². The first-order valence-corrected chi connectivity index (χ1v) is 9.27. The fraction of sp³-hybridized carbons (Fsp3) is 0.474. The summed E-state index contributed by atoms with van der Waals surface area (Å²) in [6, 6.07) is 2.00. The Bertz CT molecular complexity index is 913. The quantitative estimate of drug-likeness (QED) is 0.398. The van der Waals surface area contributed by atoms with Crippen LogP contribution in [0.5, 0.6) is 0 Å². The number of aliphatic imine (C=N–C) groups is 1. The van der Waals surface area contributed by atoms with Crippen molar-refractivity contribution < 1.29 is 36.1 Å². The van der Waals surface area contributed by atoms with Crippen LogP contribution >= 0.6 is 0 Å². The Kier molecular flexibility index (Phi) is 6.86. The van der Waals surface area contributed by atoms with Crippen LogP contribution in [0, 0.1) is 11.6 Å². The van der Waals surface area contributed by atoms with Crippen molar-refractivity contribution in [1.82, 2.24) is 0 Å². The second kappa shape index (κ2) is 8.58. The molecule has 0 bridgehead atoms. The summed E-state index contributed by atoms with van der Waals surface area (Å²) in [6.45, 7) is 6.60. The Morgan fingerprint density at radius 3 is 2.13 bits per heavy atom. The summed E-state index contributed by atoms with van der Waals surface area (Å²) in [5.41, 5.74) is 4.81. The van der Waals surface area contributed by atoms with Gasteiger partial charge in [0, 0.05) is 35.8 Å². The summed E-state index contributed by atoms with van der Waals surface area (Å²) in [4.78, 5) is 14.4. The van der Waals surface area contributed by atoms with Gasteiger partial charge < -0.3 is 20.8 Å². The molecule has 0 radical (unpaired) electrons. The van der Waals surface area contributed by atoms with E-state index >= 15 is 0 Å². The molecule has 6 nitrogen and oxygen atoms in total. The number of halogens is 5. The molecule has 0 aliphatic carbocycles. The average Bonchev–Trinajstić information content (AvgIpc) is 2.83. The number of allylic oxidation sites excluding steroid dienone is 2. The number of benzene rings is 1. The van der Waals surface area contributed by atoms with Crippen molar-refractivity contribution in [2.45, 2.75) is 51.5 Å². The molecule has 12 heteroatoms. The summed E-state index contributed by atoms with van der Waals surface area (Å²) in [5.74, 6) is -3.74. The van der Waals surface area contributed by atoms with Gasteiger partial charge in [-0.2, -0.15) is 13.2 Å². The van der Waals surface area contributed by atoms with Crippen molar-refractivity contribution in [2.75, 3.05) is 6.54 Å². The number of rotatable bonds is 6. The Hall–Kier alpha value is -2.47. The molecule has 1 fully saturated rings. The fourth-order valence-electron chi connectivity index (χ4n) is 2.69. The van der Waals surface area contributed by atoms with Crippen LogP contribution in [0.1, 0.15) is 39.7 Å². The lowest BCUT2D eigenvalue weighted by molar-refractivity contribution is -0.117. The van der Waals surface area contributed by atoms with Gasteiger partial charge in [0.05, 0.1) is 11.2 Å². The third kappa shape index (κ3) is 5.24. The molecule has 0 atom stereocenters. The maximum absolute atomic E-state index is 14.9. The molecule has 1 amide bonds. The minimum Gasteiger partial charge on any atom is -0.399 e. The largest absolute Gasteiger partial charge is 0.497 e. The van der Waals surface area contributed by atoms with Gasteiger partial charge in [-0.05, 0) is 27.7 Å². The van der Waals surface area contributed by atoms with E-state index in [1.54, 1.807) is 27.7 Å². The lowest BCUT2D eigenvalue weighted by Crippen LogP contribution is -2.41. The zero-order valence-electron chi connectivity index (χ0n) is 17.4. The van der Waals surface area contributed by atoms with Crippen molar-refractivity contribution in [3.8, 4) is 0 Å². The molecule has 1 aliphatic rings. The van der Waals surface area contributed by atoms with Crippen molar-refractivity contribution in [3.05, 3.63) is 35.0 Å². The molecule has 0 unspecified atom stereocenters. The highest BCUT2D eigenvalue weighted by Crippen LogP contribution is 2.37. The molecule has 1 heterocycles. The summed E-state index contributed by atoms with van der Waals surface area (Å²) in [6.07, 6.45) is -4.64. The zero-order valence-corrected chi connectivity index (χ0v) is 17.4. The second-order valence-electron chi connectivity index (χ2n) is 8.00. The molecule has 0 saturated carbocycles. The maximum atomic E-state index is 14.9. The first-order valence-electron chi connectivity index (χ1n) is 9.27. The summed E-state index contributed by atoms with van der Waals surface area (Å²) >= 11 is 0. The average molecular weight is 447 g/mol. The second-order valence-corrected chi connectivity index (χ2v) is 8.00. The van der Waals surface area contributed by atoms with Crippen molar-refractivity contribution >= 4 is 30.3 Å². The van der Waals surface area contributed by atoms with E-state index in [1.807, 2.05) is 0 Å². The van der Waals surface area contributed by atoms with Gasteiger partial charge in [0.15, 0.2) is 11.6 Å². The summed E-state index contributed by atoms with van der Waals surface area (Å²) in [7, 11) is -1.26. The monoisotopic (exact) mass is 447 g/mol. The number of nitrogens with two attached hydrogens (primary N) is 2. The molecule has 1 aromatic rings. The van der Waals surface area contributed by atoms with E-state index in [9.17, 15) is 26.7 Å². The van der Waals surface area contributed by atoms with Gasteiger partial charge in [-0.3, -0.25) is 9.79 Å². The molecular formula is C19H23BF5N3O3. The smallest absolute Gasteiger partial charge is 0.399 e. The highest BCUT2D eigenvalue weighted by Gasteiger charge is 2.52. The van der Waals surface area contributed by atoms with Gasteiger partial charge >= 0.3 is 13.3 Å². The van der Waals surface area contributed by atoms with Crippen LogP contribution in [0.25, 0.3) is 5.57 Å². The normalized spacial score (nSPS) is 19.1. The fourth-order valence-corrected chi connectivity index (χ4v) is 2.69. The molecule has 1 saturated heterocycles. The highest BCUT2D eigenvalue weighted by atomic mass is 19.4. The molecule has 1 aromatic carbocycles. The number of nitrogens with zero attached hydrogens (tertiary/aromatic N) is 1. The highest BCUT2D eigenvalue weighted by molar-refractivity contribution is 6.62. The van der Waals surface area contributed by atoms with Crippen LogP contribution in [0.2, 0.25) is 0 Å². The SMILES string of the molecule is CC1(C)OB(c2ccc(C(C=NCCC(N)=O)=C(N)C(F)(F)F)c(F)c2F)OC1(C)C. The van der Waals surface area contributed by atoms with Gasteiger partial charge in [0.2, 0.25) is 5.91 Å². The van der Waals surface area contributed by atoms with Gasteiger partial charge in [-0.1, -0.05) is 12.1 Å². The number of amides is 1. The third-order valence-corrected chi connectivity index (χ3v) is 5.21. The summed E-state index contributed by atoms with van der Waals surface area (Å²) in [5, 5.41) is 0. The van der Waals surface area contributed by atoms with Crippen molar-refractivity contribution in [2.24, 2.45) is 16.5 Å². The van der Waals surface area contributed by atoms with Gasteiger partial charge in [0.1, 0.15) is 5.70 Å². The number of hydrogen-bond acceptors (Lipinski definition) is 5. The topological polar surface area (TPSA) is 99.9 Å². The van der Waals surface area contributed by atoms with Crippen LogP contribution in [-0.2, 0) is 14.1 Å². The third-order valence-electron chi connectivity index (χ3n) is 5.21. The number of primary amides is 1. The van der Waals surface area contributed by atoms with E-state index in [2.05, 4.69) is 4.99 Å². The van der Waals surface area contributed by atoms with Gasteiger partial charge in [0.25, 0.3) is 0 Å². The van der Waals surface area contributed by atoms with E-state index in [-0.39, 0.29) is 18.4 Å². The lowest BCUT2D eigenvalue weighted by atomic mass is 9.77. The van der Waals surface area contributed by atoms with Gasteiger partial charge in [-0.25, -0.2) is 8.78 Å².